The summed E-state index contributed by atoms with van der Waals surface area (Å²) in [7, 11) is 0. The first-order valence-corrected chi connectivity index (χ1v) is 7.66. The Morgan fingerprint density at radius 1 is 1.22 bits per heavy atom. The number of aromatic amines is 1. The summed E-state index contributed by atoms with van der Waals surface area (Å²) in [6.45, 7) is 2.24. The van der Waals surface area contributed by atoms with E-state index in [1.54, 1.807) is 11.8 Å². The molecule has 3 nitrogen and oxygen atoms in total. The van der Waals surface area contributed by atoms with Gasteiger partial charge in [0.15, 0.2) is 5.16 Å². The van der Waals surface area contributed by atoms with Crippen LogP contribution in [0.4, 0.5) is 5.69 Å². The molecule has 1 heterocycles. The highest BCUT2D eigenvalue weighted by Gasteiger charge is 2.03. The van der Waals surface area contributed by atoms with Crippen LogP contribution in [0.15, 0.2) is 23.4 Å². The van der Waals surface area contributed by atoms with Crippen LogP contribution in [0.3, 0.4) is 0 Å². The van der Waals surface area contributed by atoms with Crippen molar-refractivity contribution in [2.75, 3.05) is 11.5 Å². The summed E-state index contributed by atoms with van der Waals surface area (Å²) in [6.07, 6.45) is 6.61. The van der Waals surface area contributed by atoms with Crippen LogP contribution in [0, 0.1) is 0 Å². The molecule has 0 unspecified atom stereocenters. The van der Waals surface area contributed by atoms with Crippen LogP contribution in [0.2, 0.25) is 0 Å². The second kappa shape index (κ2) is 6.69. The van der Waals surface area contributed by atoms with E-state index in [0.29, 0.717) is 0 Å². The molecule has 2 aromatic rings. The molecule has 2 rings (SSSR count). The Morgan fingerprint density at radius 3 is 2.89 bits per heavy atom. The zero-order valence-electron chi connectivity index (χ0n) is 10.9. The van der Waals surface area contributed by atoms with Gasteiger partial charge in [-0.05, 0) is 24.6 Å². The second-order valence-corrected chi connectivity index (χ2v) is 5.66. The minimum atomic E-state index is 0.780. The molecule has 0 bridgehead atoms. The molecule has 0 fully saturated rings. The maximum Gasteiger partial charge on any atom is 0.166 e. The fourth-order valence-corrected chi connectivity index (χ4v) is 2.83. The van der Waals surface area contributed by atoms with E-state index < -0.39 is 0 Å². The van der Waals surface area contributed by atoms with E-state index in [9.17, 15) is 0 Å². The van der Waals surface area contributed by atoms with Crippen LogP contribution < -0.4 is 5.73 Å². The Labute approximate surface area is 113 Å². The second-order valence-electron chi connectivity index (χ2n) is 4.58. The maximum atomic E-state index is 5.75. The number of fused-ring (bicyclic) bond motifs is 1. The standard InChI is InChI=1S/C14H21N3S/c1-2-3-4-5-6-9-18-14-16-12-8-7-11(15)10-13(12)17-14/h7-8,10H,2-6,9,15H2,1H3,(H,16,17). The topological polar surface area (TPSA) is 54.7 Å². The molecule has 3 N–H and O–H groups in total. The molecule has 1 aromatic heterocycles. The fraction of sp³-hybridized carbons (Fsp3) is 0.500. The first-order valence-electron chi connectivity index (χ1n) is 6.67. The van der Waals surface area contributed by atoms with Crippen LogP contribution in [-0.2, 0) is 0 Å². The van der Waals surface area contributed by atoms with Crippen molar-refractivity contribution in [2.45, 2.75) is 44.2 Å². The number of rotatable bonds is 7. The summed E-state index contributed by atoms with van der Waals surface area (Å²) < 4.78 is 0. The van der Waals surface area contributed by atoms with Crippen molar-refractivity contribution < 1.29 is 0 Å². The van der Waals surface area contributed by atoms with Crippen molar-refractivity contribution >= 4 is 28.5 Å². The summed E-state index contributed by atoms with van der Waals surface area (Å²) in [5.41, 5.74) is 8.56. The lowest BCUT2D eigenvalue weighted by Gasteiger charge is -1.98. The van der Waals surface area contributed by atoms with Crippen molar-refractivity contribution in [3.8, 4) is 0 Å². The molecule has 18 heavy (non-hydrogen) atoms. The van der Waals surface area contributed by atoms with Crippen molar-refractivity contribution in [1.82, 2.24) is 9.97 Å². The van der Waals surface area contributed by atoms with Gasteiger partial charge in [-0.1, -0.05) is 44.4 Å². The predicted molar refractivity (Wildman–Crippen MR) is 80.0 cm³/mol. The normalized spacial score (nSPS) is 11.2. The number of nitrogens with zero attached hydrogens (tertiary/aromatic N) is 1. The number of nitrogens with two attached hydrogens (primary N) is 1. The average molecular weight is 263 g/mol. The van der Waals surface area contributed by atoms with Gasteiger partial charge in [0, 0.05) is 11.4 Å². The number of hydrogen-bond donors (Lipinski definition) is 2. The van der Waals surface area contributed by atoms with Gasteiger partial charge in [0.1, 0.15) is 0 Å². The van der Waals surface area contributed by atoms with E-state index in [0.717, 1.165) is 27.6 Å². The predicted octanol–water partition coefficient (Wildman–Crippen LogP) is 4.21. The Hall–Kier alpha value is -1.16. The summed E-state index contributed by atoms with van der Waals surface area (Å²) >= 11 is 1.80. The molecule has 0 aliphatic rings. The number of imidazole rings is 1. The van der Waals surface area contributed by atoms with Crippen LogP contribution in [-0.4, -0.2) is 15.7 Å². The monoisotopic (exact) mass is 263 g/mol. The summed E-state index contributed by atoms with van der Waals surface area (Å²) in [4.78, 5) is 7.85. The van der Waals surface area contributed by atoms with Crippen molar-refractivity contribution in [3.63, 3.8) is 0 Å². The van der Waals surface area contributed by atoms with E-state index in [1.165, 1.54) is 32.1 Å². The van der Waals surface area contributed by atoms with E-state index in [-0.39, 0.29) is 0 Å². The van der Waals surface area contributed by atoms with E-state index in [4.69, 9.17) is 5.73 Å². The molecule has 98 valence electrons. The van der Waals surface area contributed by atoms with E-state index >= 15 is 0 Å². The lowest BCUT2D eigenvalue weighted by atomic mass is 10.2. The molecule has 0 aliphatic heterocycles. The Kier molecular flexibility index (Phi) is 4.93. The fourth-order valence-electron chi connectivity index (χ4n) is 1.95. The third-order valence-electron chi connectivity index (χ3n) is 2.97. The van der Waals surface area contributed by atoms with Crippen molar-refractivity contribution in [2.24, 2.45) is 0 Å². The van der Waals surface area contributed by atoms with Gasteiger partial charge in [0.05, 0.1) is 11.0 Å². The largest absolute Gasteiger partial charge is 0.399 e. The smallest absolute Gasteiger partial charge is 0.166 e. The molecule has 0 spiro atoms. The Morgan fingerprint density at radius 2 is 2.06 bits per heavy atom. The first-order chi connectivity index (χ1) is 8.79. The molecule has 4 heteroatoms. The van der Waals surface area contributed by atoms with Crippen LogP contribution >= 0.6 is 11.8 Å². The van der Waals surface area contributed by atoms with E-state index in [1.807, 2.05) is 18.2 Å². The first kappa shape index (κ1) is 13.3. The lowest BCUT2D eigenvalue weighted by molar-refractivity contribution is 0.659. The van der Waals surface area contributed by atoms with Crippen LogP contribution in [0.1, 0.15) is 39.0 Å². The van der Waals surface area contributed by atoms with Crippen molar-refractivity contribution in [1.29, 1.82) is 0 Å². The highest BCUT2D eigenvalue weighted by Crippen LogP contribution is 2.22. The number of nitrogens with one attached hydrogen (secondary N) is 1. The lowest BCUT2D eigenvalue weighted by Crippen LogP contribution is -1.83. The molecule has 0 amide bonds. The summed E-state index contributed by atoms with van der Waals surface area (Å²) in [5.74, 6) is 1.14. The molecule has 0 atom stereocenters. The van der Waals surface area contributed by atoms with E-state index in [2.05, 4.69) is 16.9 Å². The van der Waals surface area contributed by atoms with Crippen LogP contribution in [0.25, 0.3) is 11.0 Å². The maximum absolute atomic E-state index is 5.75. The zero-order valence-corrected chi connectivity index (χ0v) is 11.7. The minimum Gasteiger partial charge on any atom is -0.399 e. The van der Waals surface area contributed by atoms with Crippen LogP contribution in [0.5, 0.6) is 0 Å². The molecular weight excluding hydrogens is 242 g/mol. The summed E-state index contributed by atoms with van der Waals surface area (Å²) in [5, 5.41) is 1.01. The number of H-pyrrole nitrogens is 1. The average Bonchev–Trinajstić information content (AvgIpc) is 2.75. The number of nitrogen functional groups attached to an aromatic ring is 1. The third-order valence-corrected chi connectivity index (χ3v) is 3.93. The molecule has 1 aromatic carbocycles. The quantitative estimate of drug-likeness (QED) is 0.447. The molecule has 0 saturated heterocycles. The van der Waals surface area contributed by atoms with Crippen molar-refractivity contribution in [3.05, 3.63) is 18.2 Å². The molecular formula is C14H21N3S. The Bertz CT molecular complexity index is 493. The van der Waals surface area contributed by atoms with Gasteiger partial charge in [-0.3, -0.25) is 0 Å². The van der Waals surface area contributed by atoms with Gasteiger partial charge in [-0.15, -0.1) is 0 Å². The Balaban J connectivity index is 1.81. The minimum absolute atomic E-state index is 0.780. The molecule has 0 radical (unpaired) electrons. The van der Waals surface area contributed by atoms with Gasteiger partial charge in [-0.25, -0.2) is 4.98 Å². The number of aromatic nitrogens is 2. The zero-order chi connectivity index (χ0) is 12.8. The van der Waals surface area contributed by atoms with Gasteiger partial charge < -0.3 is 10.7 Å². The van der Waals surface area contributed by atoms with Gasteiger partial charge in [-0.2, -0.15) is 0 Å². The number of anilines is 1. The number of hydrogen-bond acceptors (Lipinski definition) is 3. The number of unbranched alkanes of at least 4 members (excludes halogenated alkanes) is 4. The highest BCUT2D eigenvalue weighted by molar-refractivity contribution is 7.99. The summed E-state index contributed by atoms with van der Waals surface area (Å²) in [6, 6.07) is 5.79. The highest BCUT2D eigenvalue weighted by atomic mass is 32.2. The number of benzene rings is 1. The molecule has 0 saturated carbocycles. The van der Waals surface area contributed by atoms with Gasteiger partial charge in [0.2, 0.25) is 0 Å². The number of thioether (sulfide) groups is 1. The molecule has 0 aliphatic carbocycles. The van der Waals surface area contributed by atoms with Gasteiger partial charge >= 0.3 is 0 Å². The SMILES string of the molecule is CCCCCCCSc1nc2ccc(N)cc2[nH]1. The third kappa shape index (κ3) is 3.67. The van der Waals surface area contributed by atoms with Gasteiger partial charge in [0.25, 0.3) is 0 Å².